The van der Waals surface area contributed by atoms with Crippen LogP contribution in [0.3, 0.4) is 0 Å². The summed E-state index contributed by atoms with van der Waals surface area (Å²) >= 11 is 0. The SMILES string of the molecule is CCCCCCCC(=O)Nc1ccc(N)nc1. The van der Waals surface area contributed by atoms with Gasteiger partial charge in [0.05, 0.1) is 11.9 Å². The predicted molar refractivity (Wildman–Crippen MR) is 70.7 cm³/mol. The normalized spacial score (nSPS) is 10.2. The molecule has 1 rings (SSSR count). The van der Waals surface area contributed by atoms with E-state index in [-0.39, 0.29) is 5.91 Å². The largest absolute Gasteiger partial charge is 0.384 e. The number of hydrogen-bond donors (Lipinski definition) is 2. The number of nitrogens with one attached hydrogen (secondary N) is 1. The summed E-state index contributed by atoms with van der Waals surface area (Å²) < 4.78 is 0. The van der Waals surface area contributed by atoms with Crippen LogP contribution in [0.25, 0.3) is 0 Å². The van der Waals surface area contributed by atoms with Gasteiger partial charge in [0.1, 0.15) is 5.82 Å². The van der Waals surface area contributed by atoms with Crippen LogP contribution in [0.2, 0.25) is 0 Å². The van der Waals surface area contributed by atoms with Crippen LogP contribution < -0.4 is 11.1 Å². The van der Waals surface area contributed by atoms with Gasteiger partial charge in [-0.15, -0.1) is 0 Å². The van der Waals surface area contributed by atoms with Gasteiger partial charge in [0.2, 0.25) is 5.91 Å². The summed E-state index contributed by atoms with van der Waals surface area (Å²) in [6.45, 7) is 2.18. The zero-order valence-corrected chi connectivity index (χ0v) is 10.4. The van der Waals surface area contributed by atoms with Crippen molar-refractivity contribution in [3.05, 3.63) is 18.3 Å². The molecule has 1 amide bonds. The highest BCUT2D eigenvalue weighted by molar-refractivity contribution is 5.90. The Bertz CT molecular complexity index is 335. The number of nitrogens with two attached hydrogens (primary N) is 1. The second-order valence-corrected chi connectivity index (χ2v) is 4.18. The molecule has 1 aromatic heterocycles. The summed E-state index contributed by atoms with van der Waals surface area (Å²) in [5.41, 5.74) is 6.17. The third-order valence-electron chi connectivity index (χ3n) is 2.58. The van der Waals surface area contributed by atoms with Crippen molar-refractivity contribution in [1.82, 2.24) is 4.98 Å². The maximum Gasteiger partial charge on any atom is 0.224 e. The molecule has 1 aromatic rings. The van der Waals surface area contributed by atoms with Crippen molar-refractivity contribution < 1.29 is 4.79 Å². The van der Waals surface area contributed by atoms with E-state index in [9.17, 15) is 4.79 Å². The van der Waals surface area contributed by atoms with Gasteiger partial charge in [0, 0.05) is 6.42 Å². The van der Waals surface area contributed by atoms with E-state index in [0.717, 1.165) is 12.8 Å². The molecule has 0 aromatic carbocycles. The number of hydrogen-bond acceptors (Lipinski definition) is 3. The summed E-state index contributed by atoms with van der Waals surface area (Å²) in [5, 5.41) is 2.80. The number of carbonyl (C=O) groups is 1. The molecule has 0 spiro atoms. The van der Waals surface area contributed by atoms with E-state index in [4.69, 9.17) is 5.73 Å². The zero-order valence-electron chi connectivity index (χ0n) is 10.4. The van der Waals surface area contributed by atoms with Gasteiger partial charge in [0.25, 0.3) is 0 Å². The van der Waals surface area contributed by atoms with Gasteiger partial charge in [-0.05, 0) is 18.6 Å². The third kappa shape index (κ3) is 5.90. The molecule has 0 saturated heterocycles. The first kappa shape index (κ1) is 13.5. The Kier molecular flexibility index (Phi) is 6.07. The quantitative estimate of drug-likeness (QED) is 0.714. The van der Waals surface area contributed by atoms with E-state index in [1.165, 1.54) is 19.3 Å². The Morgan fingerprint density at radius 2 is 2.06 bits per heavy atom. The van der Waals surface area contributed by atoms with E-state index < -0.39 is 0 Å². The Hall–Kier alpha value is -1.58. The van der Waals surface area contributed by atoms with Gasteiger partial charge >= 0.3 is 0 Å². The molecule has 94 valence electrons. The number of carbonyl (C=O) groups excluding carboxylic acids is 1. The second kappa shape index (κ2) is 7.65. The Labute approximate surface area is 103 Å². The number of pyridine rings is 1. The standard InChI is InChI=1S/C13H21N3O/c1-2-3-4-5-6-7-13(17)16-11-8-9-12(14)15-10-11/h8-10H,2-7H2,1H3,(H2,14,15)(H,16,17). The van der Waals surface area contributed by atoms with Gasteiger partial charge in [-0.25, -0.2) is 4.98 Å². The highest BCUT2D eigenvalue weighted by Gasteiger charge is 2.02. The van der Waals surface area contributed by atoms with Crippen LogP contribution in [0.15, 0.2) is 18.3 Å². The number of anilines is 2. The first-order valence-electron chi connectivity index (χ1n) is 6.23. The molecule has 0 atom stereocenters. The fraction of sp³-hybridized carbons (Fsp3) is 0.538. The molecule has 1 heterocycles. The molecule has 0 aliphatic carbocycles. The van der Waals surface area contributed by atoms with Crippen molar-refractivity contribution >= 4 is 17.4 Å². The fourth-order valence-corrected chi connectivity index (χ4v) is 1.59. The number of rotatable bonds is 7. The van der Waals surface area contributed by atoms with Crippen LogP contribution in [0, 0.1) is 0 Å². The minimum absolute atomic E-state index is 0.0491. The van der Waals surface area contributed by atoms with E-state index in [2.05, 4.69) is 17.2 Å². The van der Waals surface area contributed by atoms with Gasteiger partial charge in [-0.3, -0.25) is 4.79 Å². The lowest BCUT2D eigenvalue weighted by Gasteiger charge is -2.04. The van der Waals surface area contributed by atoms with E-state index in [1.807, 2.05) is 0 Å². The maximum absolute atomic E-state index is 11.6. The van der Waals surface area contributed by atoms with Crippen molar-refractivity contribution in [1.29, 1.82) is 0 Å². The average Bonchev–Trinajstić information content (AvgIpc) is 2.32. The van der Waals surface area contributed by atoms with Crippen molar-refractivity contribution in [3.63, 3.8) is 0 Å². The minimum atomic E-state index is 0.0491. The highest BCUT2D eigenvalue weighted by Crippen LogP contribution is 2.09. The molecule has 0 aliphatic heterocycles. The van der Waals surface area contributed by atoms with Gasteiger partial charge in [0.15, 0.2) is 0 Å². The molecule has 0 fully saturated rings. The van der Waals surface area contributed by atoms with Crippen molar-refractivity contribution in [2.75, 3.05) is 11.1 Å². The molecule has 0 aliphatic rings. The molecule has 3 N–H and O–H groups in total. The summed E-state index contributed by atoms with van der Waals surface area (Å²) in [6.07, 6.45) is 7.92. The third-order valence-corrected chi connectivity index (χ3v) is 2.58. The number of nitrogen functional groups attached to an aromatic ring is 1. The second-order valence-electron chi connectivity index (χ2n) is 4.18. The van der Waals surface area contributed by atoms with Crippen LogP contribution >= 0.6 is 0 Å². The average molecular weight is 235 g/mol. The lowest BCUT2D eigenvalue weighted by Crippen LogP contribution is -2.11. The van der Waals surface area contributed by atoms with E-state index >= 15 is 0 Å². The van der Waals surface area contributed by atoms with E-state index in [1.54, 1.807) is 18.3 Å². The molecule has 17 heavy (non-hydrogen) atoms. The molecule has 0 bridgehead atoms. The summed E-state index contributed by atoms with van der Waals surface area (Å²) in [7, 11) is 0. The molecular formula is C13H21N3O. The van der Waals surface area contributed by atoms with Crippen LogP contribution in [0.1, 0.15) is 45.4 Å². The van der Waals surface area contributed by atoms with Crippen molar-refractivity contribution in [3.8, 4) is 0 Å². The Balaban J connectivity index is 2.18. The lowest BCUT2D eigenvalue weighted by molar-refractivity contribution is -0.116. The molecule has 0 saturated carbocycles. The van der Waals surface area contributed by atoms with Gasteiger partial charge in [-0.2, -0.15) is 0 Å². The topological polar surface area (TPSA) is 68.0 Å². The van der Waals surface area contributed by atoms with Crippen LogP contribution in [-0.2, 0) is 4.79 Å². The number of amides is 1. The zero-order chi connectivity index (χ0) is 12.5. The summed E-state index contributed by atoms with van der Waals surface area (Å²) in [6, 6.07) is 3.44. The first-order chi connectivity index (χ1) is 8.22. The van der Waals surface area contributed by atoms with Crippen LogP contribution in [0.5, 0.6) is 0 Å². The van der Waals surface area contributed by atoms with E-state index in [0.29, 0.717) is 17.9 Å². The highest BCUT2D eigenvalue weighted by atomic mass is 16.1. The van der Waals surface area contributed by atoms with Crippen molar-refractivity contribution in [2.45, 2.75) is 45.4 Å². The van der Waals surface area contributed by atoms with Crippen LogP contribution in [0.4, 0.5) is 11.5 Å². The van der Waals surface area contributed by atoms with Crippen molar-refractivity contribution in [2.24, 2.45) is 0 Å². The molecule has 0 unspecified atom stereocenters. The number of unbranched alkanes of at least 4 members (excludes halogenated alkanes) is 4. The minimum Gasteiger partial charge on any atom is -0.384 e. The lowest BCUT2D eigenvalue weighted by atomic mass is 10.1. The smallest absolute Gasteiger partial charge is 0.224 e. The molecule has 0 radical (unpaired) electrons. The molecular weight excluding hydrogens is 214 g/mol. The molecule has 4 heteroatoms. The van der Waals surface area contributed by atoms with Crippen LogP contribution in [-0.4, -0.2) is 10.9 Å². The maximum atomic E-state index is 11.6. The number of nitrogens with zero attached hydrogens (tertiary/aromatic N) is 1. The monoisotopic (exact) mass is 235 g/mol. The Morgan fingerprint density at radius 3 is 2.71 bits per heavy atom. The van der Waals surface area contributed by atoms with Gasteiger partial charge in [-0.1, -0.05) is 32.6 Å². The summed E-state index contributed by atoms with van der Waals surface area (Å²) in [4.78, 5) is 15.5. The first-order valence-corrected chi connectivity index (χ1v) is 6.23. The molecule has 4 nitrogen and oxygen atoms in total. The predicted octanol–water partition coefficient (Wildman–Crippen LogP) is 2.96. The van der Waals surface area contributed by atoms with Gasteiger partial charge < -0.3 is 11.1 Å². The summed E-state index contributed by atoms with van der Waals surface area (Å²) in [5.74, 6) is 0.510. The number of aromatic nitrogens is 1. The Morgan fingerprint density at radius 1 is 1.29 bits per heavy atom. The fourth-order valence-electron chi connectivity index (χ4n) is 1.59.